The van der Waals surface area contributed by atoms with Crippen molar-refractivity contribution in [3.63, 3.8) is 0 Å². The zero-order valence-corrected chi connectivity index (χ0v) is 11.3. The Hall–Kier alpha value is -1.53. The minimum atomic E-state index is -4.44. The van der Waals surface area contributed by atoms with Gasteiger partial charge in [0.15, 0.2) is 0 Å². The van der Waals surface area contributed by atoms with E-state index in [2.05, 4.69) is 5.10 Å². The van der Waals surface area contributed by atoms with Gasteiger partial charge in [-0.25, -0.2) is 0 Å². The molecule has 0 bridgehead atoms. The van der Waals surface area contributed by atoms with Crippen molar-refractivity contribution in [1.82, 2.24) is 14.7 Å². The summed E-state index contributed by atoms with van der Waals surface area (Å²) in [6, 6.07) is 0.988. The highest BCUT2D eigenvalue weighted by Gasteiger charge is 2.35. The average molecular weight is 277 g/mol. The van der Waals surface area contributed by atoms with Crippen LogP contribution in [0.25, 0.3) is 0 Å². The van der Waals surface area contributed by atoms with Gasteiger partial charge < -0.3 is 4.90 Å². The summed E-state index contributed by atoms with van der Waals surface area (Å²) in [7, 11) is 0. The topological polar surface area (TPSA) is 38.1 Å². The lowest BCUT2D eigenvalue weighted by Crippen LogP contribution is -2.31. The monoisotopic (exact) mass is 277 g/mol. The van der Waals surface area contributed by atoms with E-state index in [0.717, 1.165) is 10.7 Å². The van der Waals surface area contributed by atoms with E-state index in [9.17, 15) is 18.0 Å². The number of hydrogen-bond donors (Lipinski definition) is 0. The Kier molecular flexibility index (Phi) is 4.97. The molecule has 1 aromatic rings. The van der Waals surface area contributed by atoms with Crippen molar-refractivity contribution in [3.8, 4) is 0 Å². The number of aryl methyl sites for hydroxylation is 2. The Morgan fingerprint density at radius 1 is 1.37 bits per heavy atom. The van der Waals surface area contributed by atoms with Crippen LogP contribution in [0, 0.1) is 6.92 Å². The number of alkyl halides is 3. The fraction of sp³-hybridized carbons (Fsp3) is 0.667. The maximum absolute atomic E-state index is 12.7. The Morgan fingerprint density at radius 3 is 2.42 bits per heavy atom. The summed E-state index contributed by atoms with van der Waals surface area (Å²) >= 11 is 0. The van der Waals surface area contributed by atoms with Gasteiger partial charge in [0.2, 0.25) is 5.91 Å². The third-order valence-corrected chi connectivity index (χ3v) is 2.85. The minimum Gasteiger partial charge on any atom is -0.343 e. The Labute approximate surface area is 110 Å². The number of amides is 1. The predicted octanol–water partition coefficient (Wildman–Crippen LogP) is 2.47. The maximum Gasteiger partial charge on any atom is 0.433 e. The van der Waals surface area contributed by atoms with Crippen LogP contribution in [0.2, 0.25) is 0 Å². The SMILES string of the molecule is CCN(CC)C(=O)CCn1nc(C)cc1C(F)(F)F. The third kappa shape index (κ3) is 3.97. The summed E-state index contributed by atoms with van der Waals surface area (Å²) < 4.78 is 39.0. The molecule has 1 heterocycles. The Bertz CT molecular complexity index is 436. The summed E-state index contributed by atoms with van der Waals surface area (Å²) in [5.41, 5.74) is -0.514. The third-order valence-electron chi connectivity index (χ3n) is 2.85. The molecule has 1 amide bonds. The van der Waals surface area contributed by atoms with Gasteiger partial charge in [0.05, 0.1) is 12.2 Å². The molecule has 0 N–H and O–H groups in total. The van der Waals surface area contributed by atoms with Gasteiger partial charge in [-0.1, -0.05) is 0 Å². The molecule has 0 aromatic carbocycles. The van der Waals surface area contributed by atoms with Crippen LogP contribution in [-0.4, -0.2) is 33.7 Å². The first-order valence-corrected chi connectivity index (χ1v) is 6.19. The van der Waals surface area contributed by atoms with Gasteiger partial charge in [-0.2, -0.15) is 18.3 Å². The van der Waals surface area contributed by atoms with E-state index in [1.165, 1.54) is 6.92 Å². The fourth-order valence-electron chi connectivity index (χ4n) is 1.88. The van der Waals surface area contributed by atoms with Crippen LogP contribution in [0.5, 0.6) is 0 Å². The summed E-state index contributed by atoms with van der Waals surface area (Å²) in [4.78, 5) is 13.3. The molecular weight excluding hydrogens is 259 g/mol. The van der Waals surface area contributed by atoms with Gasteiger partial charge in [-0.05, 0) is 26.8 Å². The highest BCUT2D eigenvalue weighted by atomic mass is 19.4. The summed E-state index contributed by atoms with van der Waals surface area (Å²) in [5, 5.41) is 3.79. The first-order chi connectivity index (χ1) is 8.79. The summed E-state index contributed by atoms with van der Waals surface area (Å²) in [6.07, 6.45) is -4.43. The smallest absolute Gasteiger partial charge is 0.343 e. The Balaban J connectivity index is 2.76. The van der Waals surface area contributed by atoms with Gasteiger partial charge >= 0.3 is 6.18 Å². The van der Waals surface area contributed by atoms with Gasteiger partial charge in [0, 0.05) is 19.5 Å². The van der Waals surface area contributed by atoms with Gasteiger partial charge in [-0.15, -0.1) is 0 Å². The second-order valence-corrected chi connectivity index (χ2v) is 4.21. The molecule has 0 aliphatic carbocycles. The van der Waals surface area contributed by atoms with E-state index >= 15 is 0 Å². The number of nitrogens with zero attached hydrogens (tertiary/aromatic N) is 3. The van der Waals surface area contributed by atoms with Crippen molar-refractivity contribution >= 4 is 5.91 Å². The molecule has 19 heavy (non-hydrogen) atoms. The molecule has 0 spiro atoms. The van der Waals surface area contributed by atoms with Crippen molar-refractivity contribution in [1.29, 1.82) is 0 Å². The molecule has 1 aromatic heterocycles. The number of aromatic nitrogens is 2. The van der Waals surface area contributed by atoms with Crippen LogP contribution in [0.3, 0.4) is 0 Å². The normalized spacial score (nSPS) is 11.7. The lowest BCUT2D eigenvalue weighted by atomic mass is 10.3. The second kappa shape index (κ2) is 6.08. The zero-order chi connectivity index (χ0) is 14.6. The van der Waals surface area contributed by atoms with Crippen molar-refractivity contribution < 1.29 is 18.0 Å². The molecule has 0 unspecified atom stereocenters. The molecule has 0 atom stereocenters. The van der Waals surface area contributed by atoms with E-state index in [1.807, 2.05) is 13.8 Å². The highest BCUT2D eigenvalue weighted by Crippen LogP contribution is 2.29. The van der Waals surface area contributed by atoms with Gasteiger partial charge in [0.25, 0.3) is 0 Å². The second-order valence-electron chi connectivity index (χ2n) is 4.21. The number of carbonyl (C=O) groups excluding carboxylic acids is 1. The maximum atomic E-state index is 12.7. The summed E-state index contributed by atoms with van der Waals surface area (Å²) in [6.45, 7) is 6.22. The lowest BCUT2D eigenvalue weighted by Gasteiger charge is -2.19. The van der Waals surface area contributed by atoms with Crippen LogP contribution in [0.1, 0.15) is 31.7 Å². The van der Waals surface area contributed by atoms with Crippen molar-refractivity contribution in [3.05, 3.63) is 17.5 Å². The minimum absolute atomic E-state index is 0.0197. The van der Waals surface area contributed by atoms with E-state index in [-0.39, 0.29) is 18.9 Å². The number of rotatable bonds is 5. The number of halogens is 3. The molecule has 7 heteroatoms. The summed E-state index contributed by atoms with van der Waals surface area (Å²) in [5.74, 6) is -0.161. The molecule has 1 rings (SSSR count). The number of carbonyl (C=O) groups is 1. The van der Waals surface area contributed by atoms with Crippen molar-refractivity contribution in [2.45, 2.75) is 39.9 Å². The van der Waals surface area contributed by atoms with Gasteiger partial charge in [0.1, 0.15) is 5.69 Å². The Morgan fingerprint density at radius 2 is 1.95 bits per heavy atom. The largest absolute Gasteiger partial charge is 0.433 e. The molecular formula is C12H18F3N3O. The molecule has 4 nitrogen and oxygen atoms in total. The number of hydrogen-bond acceptors (Lipinski definition) is 2. The molecule has 0 saturated heterocycles. The van der Waals surface area contributed by atoms with E-state index in [0.29, 0.717) is 18.8 Å². The van der Waals surface area contributed by atoms with Crippen molar-refractivity contribution in [2.24, 2.45) is 0 Å². The molecule has 0 fully saturated rings. The first-order valence-electron chi connectivity index (χ1n) is 6.19. The fourth-order valence-corrected chi connectivity index (χ4v) is 1.88. The molecule has 0 radical (unpaired) electrons. The van der Waals surface area contributed by atoms with E-state index < -0.39 is 11.9 Å². The average Bonchev–Trinajstić information content (AvgIpc) is 2.69. The molecule has 0 aliphatic rings. The van der Waals surface area contributed by atoms with Crippen LogP contribution in [0.4, 0.5) is 13.2 Å². The first kappa shape index (κ1) is 15.5. The zero-order valence-electron chi connectivity index (χ0n) is 11.3. The van der Waals surface area contributed by atoms with Crippen LogP contribution in [-0.2, 0) is 17.5 Å². The molecule has 0 aliphatic heterocycles. The van der Waals surface area contributed by atoms with E-state index in [4.69, 9.17) is 0 Å². The van der Waals surface area contributed by atoms with Gasteiger partial charge in [-0.3, -0.25) is 9.48 Å². The predicted molar refractivity (Wildman–Crippen MR) is 64.5 cm³/mol. The highest BCUT2D eigenvalue weighted by molar-refractivity contribution is 5.76. The molecule has 0 saturated carbocycles. The van der Waals surface area contributed by atoms with E-state index in [1.54, 1.807) is 4.90 Å². The van der Waals surface area contributed by atoms with Crippen LogP contribution >= 0.6 is 0 Å². The van der Waals surface area contributed by atoms with Crippen LogP contribution in [0.15, 0.2) is 6.07 Å². The quantitative estimate of drug-likeness (QED) is 0.829. The van der Waals surface area contributed by atoms with Crippen LogP contribution < -0.4 is 0 Å². The van der Waals surface area contributed by atoms with Crippen molar-refractivity contribution in [2.75, 3.05) is 13.1 Å². The standard InChI is InChI=1S/C12H18F3N3O/c1-4-17(5-2)11(19)6-7-18-10(12(13,14)15)8-9(3)16-18/h8H,4-7H2,1-3H3. The molecule has 108 valence electrons. The lowest BCUT2D eigenvalue weighted by molar-refractivity contribution is -0.145.